The molecule has 2 unspecified atom stereocenters. The Morgan fingerprint density at radius 3 is 2.50 bits per heavy atom. The molecular weight excluding hydrogens is 265 g/mol. The summed E-state index contributed by atoms with van der Waals surface area (Å²) in [5.74, 6) is 0.598. The molecule has 100 valence electrons. The summed E-state index contributed by atoms with van der Waals surface area (Å²) in [6, 6.07) is 5.96. The second kappa shape index (κ2) is 4.70. The van der Waals surface area contributed by atoms with Gasteiger partial charge in [0.25, 0.3) is 0 Å². The Bertz CT molecular complexity index is 456. The van der Waals surface area contributed by atoms with Crippen molar-refractivity contribution in [1.29, 1.82) is 0 Å². The highest BCUT2D eigenvalue weighted by molar-refractivity contribution is 6.42. The largest absolute Gasteiger partial charge is 0.317 e. The fourth-order valence-electron chi connectivity index (χ4n) is 3.29. The third-order valence-electron chi connectivity index (χ3n) is 4.93. The van der Waals surface area contributed by atoms with Crippen LogP contribution in [0.25, 0.3) is 0 Å². The topological polar surface area (TPSA) is 12.0 Å². The van der Waals surface area contributed by atoms with E-state index >= 15 is 0 Å². The Morgan fingerprint density at radius 1 is 1.22 bits per heavy atom. The van der Waals surface area contributed by atoms with E-state index in [1.807, 2.05) is 12.1 Å². The lowest BCUT2D eigenvalue weighted by Gasteiger charge is -2.18. The lowest BCUT2D eigenvalue weighted by Crippen LogP contribution is -2.19. The van der Waals surface area contributed by atoms with E-state index in [2.05, 4.69) is 39.1 Å². The molecule has 2 atom stereocenters. The van der Waals surface area contributed by atoms with E-state index in [1.165, 1.54) is 5.56 Å². The fourth-order valence-corrected chi connectivity index (χ4v) is 3.79. The van der Waals surface area contributed by atoms with E-state index in [-0.39, 0.29) is 10.8 Å². The second-order valence-corrected chi connectivity index (χ2v) is 6.67. The molecule has 1 fully saturated rings. The molecular formula is C15H21Cl2N. The van der Waals surface area contributed by atoms with Crippen molar-refractivity contribution in [1.82, 2.24) is 5.32 Å². The molecule has 1 aliphatic carbocycles. The molecule has 1 saturated carbocycles. The minimum atomic E-state index is 0.108. The number of halogens is 2. The molecule has 0 bridgehead atoms. The van der Waals surface area contributed by atoms with E-state index < -0.39 is 0 Å². The van der Waals surface area contributed by atoms with Crippen molar-refractivity contribution in [2.24, 2.45) is 11.3 Å². The minimum absolute atomic E-state index is 0.108. The number of benzene rings is 1. The maximum absolute atomic E-state index is 6.39. The van der Waals surface area contributed by atoms with Crippen LogP contribution in [-0.2, 0) is 5.41 Å². The van der Waals surface area contributed by atoms with Crippen molar-refractivity contribution in [3.05, 3.63) is 33.8 Å². The van der Waals surface area contributed by atoms with Gasteiger partial charge in [-0.15, -0.1) is 0 Å². The van der Waals surface area contributed by atoms with Gasteiger partial charge in [-0.1, -0.05) is 63.0 Å². The molecule has 1 N–H and O–H groups in total. The highest BCUT2D eigenvalue weighted by Gasteiger charge is 2.68. The van der Waals surface area contributed by atoms with Gasteiger partial charge < -0.3 is 5.32 Å². The van der Waals surface area contributed by atoms with Crippen LogP contribution in [0, 0.1) is 11.3 Å². The van der Waals surface area contributed by atoms with Crippen LogP contribution in [0.4, 0.5) is 0 Å². The van der Waals surface area contributed by atoms with Crippen molar-refractivity contribution in [3.63, 3.8) is 0 Å². The van der Waals surface area contributed by atoms with Crippen LogP contribution in [-0.4, -0.2) is 13.1 Å². The third kappa shape index (κ3) is 1.88. The molecule has 0 heterocycles. The van der Waals surface area contributed by atoms with Gasteiger partial charge in [0.15, 0.2) is 0 Å². The Labute approximate surface area is 120 Å². The highest BCUT2D eigenvalue weighted by atomic mass is 35.5. The second-order valence-electron chi connectivity index (χ2n) is 5.89. The summed E-state index contributed by atoms with van der Waals surface area (Å²) in [7, 11) is 0. The van der Waals surface area contributed by atoms with Crippen molar-refractivity contribution >= 4 is 23.2 Å². The molecule has 0 aromatic heterocycles. The van der Waals surface area contributed by atoms with Gasteiger partial charge in [-0.2, -0.15) is 0 Å². The van der Waals surface area contributed by atoms with Crippen molar-refractivity contribution in [3.8, 4) is 0 Å². The monoisotopic (exact) mass is 285 g/mol. The molecule has 1 aromatic rings. The van der Waals surface area contributed by atoms with Crippen LogP contribution in [0.5, 0.6) is 0 Å². The smallest absolute Gasteiger partial charge is 0.0630 e. The summed E-state index contributed by atoms with van der Waals surface area (Å²) >= 11 is 12.5. The zero-order valence-corrected chi connectivity index (χ0v) is 13.0. The standard InChI is InChI=1S/C15H21Cl2N/c1-5-18-9-12-14(2,3)15(12,4)10-7-6-8-11(16)13(10)17/h6-8,12,18H,5,9H2,1-4H3. The molecule has 1 aromatic carbocycles. The highest BCUT2D eigenvalue weighted by Crippen LogP contribution is 2.70. The van der Waals surface area contributed by atoms with Crippen LogP contribution < -0.4 is 5.32 Å². The van der Waals surface area contributed by atoms with Crippen LogP contribution >= 0.6 is 23.2 Å². The molecule has 1 aliphatic rings. The van der Waals surface area contributed by atoms with Gasteiger partial charge >= 0.3 is 0 Å². The zero-order chi connectivity index (χ0) is 13.6. The van der Waals surface area contributed by atoms with Crippen LogP contribution in [0.3, 0.4) is 0 Å². The first-order valence-corrected chi connectivity index (χ1v) is 7.28. The molecule has 1 nitrogen and oxygen atoms in total. The van der Waals surface area contributed by atoms with E-state index in [9.17, 15) is 0 Å². The Kier molecular flexibility index (Phi) is 3.70. The molecule has 3 heteroatoms. The normalized spacial score (nSPS) is 29.3. The third-order valence-corrected chi connectivity index (χ3v) is 5.75. The van der Waals surface area contributed by atoms with E-state index in [4.69, 9.17) is 23.2 Å². The van der Waals surface area contributed by atoms with Gasteiger partial charge in [0, 0.05) is 5.41 Å². The Hall–Kier alpha value is -0.240. The summed E-state index contributed by atoms with van der Waals surface area (Å²) in [6.45, 7) is 11.1. The van der Waals surface area contributed by atoms with Crippen molar-refractivity contribution in [2.45, 2.75) is 33.1 Å². The van der Waals surface area contributed by atoms with Gasteiger partial charge in [-0.05, 0) is 36.1 Å². The first-order valence-electron chi connectivity index (χ1n) is 6.52. The summed E-state index contributed by atoms with van der Waals surface area (Å²) in [5, 5.41) is 4.82. The summed E-state index contributed by atoms with van der Waals surface area (Å²) in [6.07, 6.45) is 0. The quantitative estimate of drug-likeness (QED) is 0.858. The van der Waals surface area contributed by atoms with Gasteiger partial charge in [0.1, 0.15) is 0 Å². The molecule has 0 saturated heterocycles. The van der Waals surface area contributed by atoms with Gasteiger partial charge in [0.2, 0.25) is 0 Å². The fraction of sp³-hybridized carbons (Fsp3) is 0.600. The van der Waals surface area contributed by atoms with Crippen molar-refractivity contribution in [2.75, 3.05) is 13.1 Å². The molecule has 0 spiro atoms. The maximum atomic E-state index is 6.39. The molecule has 0 amide bonds. The molecule has 2 rings (SSSR count). The van der Waals surface area contributed by atoms with Gasteiger partial charge in [0.05, 0.1) is 10.0 Å². The lowest BCUT2D eigenvalue weighted by atomic mass is 9.89. The number of rotatable bonds is 4. The average molecular weight is 286 g/mol. The minimum Gasteiger partial charge on any atom is -0.317 e. The number of hydrogen-bond donors (Lipinski definition) is 1. The lowest BCUT2D eigenvalue weighted by molar-refractivity contribution is 0.509. The first-order chi connectivity index (χ1) is 8.37. The number of hydrogen-bond acceptors (Lipinski definition) is 1. The molecule has 0 aliphatic heterocycles. The summed E-state index contributed by atoms with van der Waals surface area (Å²) in [5.41, 5.74) is 1.55. The molecule has 0 radical (unpaired) electrons. The predicted octanol–water partition coefficient (Wildman–Crippen LogP) is 4.52. The Balaban J connectivity index is 2.35. The van der Waals surface area contributed by atoms with Crippen molar-refractivity contribution < 1.29 is 0 Å². The average Bonchev–Trinajstić information content (AvgIpc) is 2.75. The van der Waals surface area contributed by atoms with Crippen LogP contribution in [0.1, 0.15) is 33.3 Å². The van der Waals surface area contributed by atoms with Gasteiger partial charge in [-0.3, -0.25) is 0 Å². The van der Waals surface area contributed by atoms with E-state index in [1.54, 1.807) is 0 Å². The maximum Gasteiger partial charge on any atom is 0.0630 e. The SMILES string of the molecule is CCNCC1C(C)(C)C1(C)c1cccc(Cl)c1Cl. The van der Waals surface area contributed by atoms with Gasteiger partial charge in [-0.25, -0.2) is 0 Å². The van der Waals surface area contributed by atoms with Crippen LogP contribution in [0.2, 0.25) is 10.0 Å². The molecule has 18 heavy (non-hydrogen) atoms. The van der Waals surface area contributed by atoms with Crippen LogP contribution in [0.15, 0.2) is 18.2 Å². The van der Waals surface area contributed by atoms with E-state index in [0.717, 1.165) is 13.1 Å². The predicted molar refractivity (Wildman–Crippen MR) is 79.6 cm³/mol. The summed E-state index contributed by atoms with van der Waals surface area (Å²) in [4.78, 5) is 0. The first kappa shape index (κ1) is 14.2. The number of nitrogens with one attached hydrogen (secondary N) is 1. The zero-order valence-electron chi connectivity index (χ0n) is 11.5. The Morgan fingerprint density at radius 2 is 1.89 bits per heavy atom. The van der Waals surface area contributed by atoms with E-state index in [0.29, 0.717) is 16.0 Å². The summed E-state index contributed by atoms with van der Waals surface area (Å²) < 4.78 is 0.